The monoisotopic (exact) mass is 235 g/mol. The SMILES string of the molecule is Cc1ccc([C@@H](C)NC(=O)OC(C)(C)C)cc1. The van der Waals surface area contributed by atoms with Gasteiger partial charge in [-0.2, -0.15) is 0 Å². The van der Waals surface area contributed by atoms with E-state index < -0.39 is 5.60 Å². The Bertz CT molecular complexity index is 376. The lowest BCUT2D eigenvalue weighted by Crippen LogP contribution is -2.34. The van der Waals surface area contributed by atoms with Crippen molar-refractivity contribution in [3.05, 3.63) is 35.4 Å². The van der Waals surface area contributed by atoms with Crippen LogP contribution >= 0.6 is 0 Å². The van der Waals surface area contributed by atoms with Gasteiger partial charge in [0.05, 0.1) is 6.04 Å². The van der Waals surface area contributed by atoms with Gasteiger partial charge >= 0.3 is 6.09 Å². The first-order chi connectivity index (χ1) is 7.78. The first kappa shape index (κ1) is 13.6. The molecule has 0 unspecified atom stereocenters. The van der Waals surface area contributed by atoms with Crippen LogP contribution in [0.5, 0.6) is 0 Å². The summed E-state index contributed by atoms with van der Waals surface area (Å²) in [5.41, 5.74) is 1.82. The number of nitrogens with one attached hydrogen (secondary N) is 1. The molecule has 0 bridgehead atoms. The van der Waals surface area contributed by atoms with Crippen molar-refractivity contribution in [1.82, 2.24) is 5.32 Å². The maximum Gasteiger partial charge on any atom is 0.408 e. The van der Waals surface area contributed by atoms with E-state index in [4.69, 9.17) is 4.74 Å². The molecule has 0 saturated carbocycles. The zero-order valence-corrected chi connectivity index (χ0v) is 11.2. The van der Waals surface area contributed by atoms with Crippen LogP contribution in [0.3, 0.4) is 0 Å². The topological polar surface area (TPSA) is 38.3 Å². The number of carbonyl (C=O) groups is 1. The van der Waals surface area contributed by atoms with Crippen LogP contribution in [0.15, 0.2) is 24.3 Å². The molecule has 0 aliphatic heterocycles. The van der Waals surface area contributed by atoms with Gasteiger partial charge in [-0.25, -0.2) is 4.79 Å². The fraction of sp³-hybridized carbons (Fsp3) is 0.500. The number of carbonyl (C=O) groups excluding carboxylic acids is 1. The van der Waals surface area contributed by atoms with Crippen molar-refractivity contribution in [1.29, 1.82) is 0 Å². The second-order valence-electron chi connectivity index (χ2n) is 5.28. The van der Waals surface area contributed by atoms with E-state index >= 15 is 0 Å². The lowest BCUT2D eigenvalue weighted by Gasteiger charge is -2.22. The van der Waals surface area contributed by atoms with Crippen LogP contribution in [-0.4, -0.2) is 11.7 Å². The number of benzene rings is 1. The second kappa shape index (κ2) is 5.21. The minimum atomic E-state index is -0.461. The normalized spacial score (nSPS) is 13.0. The maximum absolute atomic E-state index is 11.6. The molecule has 3 heteroatoms. The number of amides is 1. The second-order valence-corrected chi connectivity index (χ2v) is 5.28. The van der Waals surface area contributed by atoms with Gasteiger partial charge in [0.15, 0.2) is 0 Å². The summed E-state index contributed by atoms with van der Waals surface area (Å²) in [7, 11) is 0. The molecule has 0 saturated heterocycles. The molecule has 3 nitrogen and oxygen atoms in total. The minimum Gasteiger partial charge on any atom is -0.444 e. The molecule has 0 radical (unpaired) electrons. The summed E-state index contributed by atoms with van der Waals surface area (Å²) in [5.74, 6) is 0. The fourth-order valence-electron chi connectivity index (χ4n) is 1.42. The van der Waals surface area contributed by atoms with Gasteiger partial charge < -0.3 is 10.1 Å². The van der Waals surface area contributed by atoms with Crippen molar-refractivity contribution in [2.45, 2.75) is 46.3 Å². The lowest BCUT2D eigenvalue weighted by molar-refractivity contribution is 0.0508. The zero-order valence-electron chi connectivity index (χ0n) is 11.2. The van der Waals surface area contributed by atoms with E-state index in [1.54, 1.807) is 0 Å². The first-order valence-electron chi connectivity index (χ1n) is 5.84. The molecular weight excluding hydrogens is 214 g/mol. The summed E-state index contributed by atoms with van der Waals surface area (Å²) < 4.78 is 5.20. The standard InChI is InChI=1S/C14H21NO2/c1-10-6-8-12(9-7-10)11(2)15-13(16)17-14(3,4)5/h6-9,11H,1-5H3,(H,15,16)/t11-/m1/s1. The Balaban J connectivity index is 2.57. The van der Waals surface area contributed by atoms with Crippen molar-refractivity contribution < 1.29 is 9.53 Å². The van der Waals surface area contributed by atoms with Crippen LogP contribution in [0.4, 0.5) is 4.79 Å². The van der Waals surface area contributed by atoms with Crippen LogP contribution in [-0.2, 0) is 4.74 Å². The third-order valence-corrected chi connectivity index (χ3v) is 2.31. The average Bonchev–Trinajstić information content (AvgIpc) is 2.15. The number of hydrogen-bond acceptors (Lipinski definition) is 2. The van der Waals surface area contributed by atoms with Crippen LogP contribution < -0.4 is 5.32 Å². The molecule has 1 rings (SSSR count). The number of ether oxygens (including phenoxy) is 1. The van der Waals surface area contributed by atoms with Gasteiger partial charge in [0.1, 0.15) is 5.60 Å². The molecule has 94 valence electrons. The molecule has 0 aliphatic rings. The first-order valence-corrected chi connectivity index (χ1v) is 5.84. The average molecular weight is 235 g/mol. The quantitative estimate of drug-likeness (QED) is 0.850. The molecule has 1 amide bonds. The molecule has 1 N–H and O–H groups in total. The van der Waals surface area contributed by atoms with Crippen molar-refractivity contribution in [2.24, 2.45) is 0 Å². The largest absolute Gasteiger partial charge is 0.444 e. The summed E-state index contributed by atoms with van der Waals surface area (Å²) >= 11 is 0. The van der Waals surface area contributed by atoms with Gasteiger partial charge in [0.25, 0.3) is 0 Å². The highest BCUT2D eigenvalue weighted by atomic mass is 16.6. The van der Waals surface area contributed by atoms with Crippen molar-refractivity contribution in [2.75, 3.05) is 0 Å². The predicted octanol–water partition coefficient (Wildman–Crippen LogP) is 3.58. The fourth-order valence-corrected chi connectivity index (χ4v) is 1.42. The van der Waals surface area contributed by atoms with Gasteiger partial charge in [-0.3, -0.25) is 0 Å². The molecule has 0 aliphatic carbocycles. The number of aryl methyl sites for hydroxylation is 1. The van der Waals surface area contributed by atoms with Crippen LogP contribution in [0, 0.1) is 6.92 Å². The minimum absolute atomic E-state index is 0.0505. The van der Waals surface area contributed by atoms with E-state index in [-0.39, 0.29) is 12.1 Å². The Morgan fingerprint density at radius 1 is 1.24 bits per heavy atom. The predicted molar refractivity (Wildman–Crippen MR) is 69.0 cm³/mol. The molecular formula is C14H21NO2. The van der Waals surface area contributed by atoms with Gasteiger partial charge in [-0.1, -0.05) is 29.8 Å². The van der Waals surface area contributed by atoms with E-state index in [1.165, 1.54) is 5.56 Å². The Labute approximate surface area is 103 Å². The van der Waals surface area contributed by atoms with Crippen molar-refractivity contribution >= 4 is 6.09 Å². The maximum atomic E-state index is 11.6. The van der Waals surface area contributed by atoms with E-state index in [2.05, 4.69) is 5.32 Å². The summed E-state index contributed by atoms with van der Waals surface area (Å²) in [6.07, 6.45) is -0.384. The van der Waals surface area contributed by atoms with Gasteiger partial charge in [0.2, 0.25) is 0 Å². The highest BCUT2D eigenvalue weighted by Crippen LogP contribution is 2.14. The van der Waals surface area contributed by atoms with Crippen molar-refractivity contribution in [3.63, 3.8) is 0 Å². The Kier molecular flexibility index (Phi) is 4.16. The van der Waals surface area contributed by atoms with E-state index in [0.717, 1.165) is 5.56 Å². The Hall–Kier alpha value is -1.51. The van der Waals surface area contributed by atoms with E-state index in [9.17, 15) is 4.79 Å². The zero-order chi connectivity index (χ0) is 13.1. The molecule has 1 aromatic carbocycles. The smallest absolute Gasteiger partial charge is 0.408 e. The molecule has 0 fully saturated rings. The molecule has 1 aromatic rings. The summed E-state index contributed by atoms with van der Waals surface area (Å²) in [4.78, 5) is 11.6. The van der Waals surface area contributed by atoms with E-state index in [0.29, 0.717) is 0 Å². The summed E-state index contributed by atoms with van der Waals surface area (Å²) in [6.45, 7) is 9.53. The highest BCUT2D eigenvalue weighted by Gasteiger charge is 2.18. The Morgan fingerprint density at radius 3 is 2.24 bits per heavy atom. The Morgan fingerprint density at radius 2 is 1.76 bits per heavy atom. The highest BCUT2D eigenvalue weighted by molar-refractivity contribution is 5.68. The molecule has 0 spiro atoms. The molecule has 1 atom stereocenters. The summed E-state index contributed by atoms with van der Waals surface area (Å²) in [6, 6.07) is 8.03. The summed E-state index contributed by atoms with van der Waals surface area (Å²) in [5, 5.41) is 2.81. The van der Waals surface area contributed by atoms with Crippen LogP contribution in [0.25, 0.3) is 0 Å². The third kappa shape index (κ3) is 4.89. The van der Waals surface area contributed by atoms with Crippen molar-refractivity contribution in [3.8, 4) is 0 Å². The molecule has 0 heterocycles. The molecule has 0 aromatic heterocycles. The van der Waals surface area contributed by atoms with Crippen LogP contribution in [0.2, 0.25) is 0 Å². The van der Waals surface area contributed by atoms with Gasteiger partial charge in [-0.15, -0.1) is 0 Å². The van der Waals surface area contributed by atoms with Crippen LogP contribution in [0.1, 0.15) is 44.9 Å². The van der Waals surface area contributed by atoms with Gasteiger partial charge in [0, 0.05) is 0 Å². The lowest BCUT2D eigenvalue weighted by atomic mass is 10.1. The third-order valence-electron chi connectivity index (χ3n) is 2.31. The number of alkyl carbamates (subject to hydrolysis) is 1. The number of rotatable bonds is 2. The van der Waals surface area contributed by atoms with Gasteiger partial charge in [-0.05, 0) is 40.2 Å². The molecule has 17 heavy (non-hydrogen) atoms. The number of hydrogen-bond donors (Lipinski definition) is 1. The van der Waals surface area contributed by atoms with E-state index in [1.807, 2.05) is 58.9 Å².